The van der Waals surface area contributed by atoms with Gasteiger partial charge in [0.1, 0.15) is 0 Å². The third-order valence-corrected chi connectivity index (χ3v) is 9.66. The molecule has 2 fully saturated rings. The first-order chi connectivity index (χ1) is 18.3. The highest BCUT2D eigenvalue weighted by Crippen LogP contribution is 2.38. The molecule has 6 heteroatoms. The number of carbonyl (C=O) groups is 1. The van der Waals surface area contributed by atoms with Crippen molar-refractivity contribution in [3.8, 4) is 11.3 Å². The molecular formula is C33H51N3O2S. The number of ether oxygens (including phenoxy) is 1. The summed E-state index contributed by atoms with van der Waals surface area (Å²) in [7, 11) is 1.97. The van der Waals surface area contributed by atoms with Crippen molar-refractivity contribution in [1.82, 2.24) is 14.2 Å². The van der Waals surface area contributed by atoms with Crippen LogP contribution in [-0.2, 0) is 16.7 Å². The number of hydrogen-bond acceptors (Lipinski definition) is 4. The fourth-order valence-corrected chi connectivity index (χ4v) is 6.99. The van der Waals surface area contributed by atoms with Gasteiger partial charge in [-0.05, 0) is 106 Å². The first-order valence-electron chi connectivity index (χ1n) is 15.0. The molecule has 1 aromatic carbocycles. The molecule has 0 unspecified atom stereocenters. The van der Waals surface area contributed by atoms with Crippen LogP contribution in [0.4, 0.5) is 0 Å². The number of rotatable bonds is 7. The molecule has 4 rings (SSSR count). The minimum absolute atomic E-state index is 0.00430. The van der Waals surface area contributed by atoms with Crippen LogP contribution < -0.4 is 4.72 Å². The minimum atomic E-state index is -0.00430. The van der Waals surface area contributed by atoms with Gasteiger partial charge in [-0.2, -0.15) is 0 Å². The maximum absolute atomic E-state index is 13.9. The van der Waals surface area contributed by atoms with E-state index >= 15 is 0 Å². The van der Waals surface area contributed by atoms with Crippen LogP contribution >= 0.6 is 11.9 Å². The Labute approximate surface area is 241 Å². The Morgan fingerprint density at radius 2 is 1.69 bits per heavy atom. The molecule has 39 heavy (non-hydrogen) atoms. The molecule has 1 aliphatic heterocycles. The Kier molecular flexibility index (Phi) is 9.60. The van der Waals surface area contributed by atoms with E-state index in [0.29, 0.717) is 5.92 Å². The zero-order chi connectivity index (χ0) is 28.4. The quantitative estimate of drug-likeness (QED) is 0.353. The number of amides is 1. The molecule has 2 heterocycles. The first-order valence-corrected chi connectivity index (χ1v) is 15.8. The van der Waals surface area contributed by atoms with E-state index in [1.807, 2.05) is 11.9 Å². The minimum Gasteiger partial charge on any atom is -0.381 e. The second-order valence-electron chi connectivity index (χ2n) is 13.8. The molecule has 0 atom stereocenters. The van der Waals surface area contributed by atoms with Crippen molar-refractivity contribution in [2.45, 2.75) is 122 Å². The Bertz CT molecular complexity index is 1130. The van der Waals surface area contributed by atoms with Crippen molar-refractivity contribution in [1.29, 1.82) is 0 Å². The molecule has 0 radical (unpaired) electrons. The Morgan fingerprint density at radius 1 is 1.03 bits per heavy atom. The maximum Gasteiger partial charge on any atom is 0.255 e. The van der Waals surface area contributed by atoms with E-state index in [4.69, 9.17) is 4.74 Å². The van der Waals surface area contributed by atoms with Gasteiger partial charge < -0.3 is 14.2 Å². The lowest BCUT2D eigenvalue weighted by Gasteiger charge is -2.31. The number of benzene rings is 1. The van der Waals surface area contributed by atoms with Gasteiger partial charge >= 0.3 is 0 Å². The van der Waals surface area contributed by atoms with E-state index in [9.17, 15) is 4.79 Å². The molecule has 0 spiro atoms. The second-order valence-corrected chi connectivity index (χ2v) is 14.7. The molecule has 1 saturated heterocycles. The molecule has 0 bridgehead atoms. The van der Waals surface area contributed by atoms with Gasteiger partial charge in [-0.1, -0.05) is 46.1 Å². The van der Waals surface area contributed by atoms with Crippen LogP contribution in [0.3, 0.4) is 0 Å². The molecular weight excluding hydrogens is 502 g/mol. The Balaban J connectivity index is 1.74. The highest BCUT2D eigenvalue weighted by atomic mass is 32.2. The number of carbonyl (C=O) groups excluding carboxylic acids is 1. The number of hydrogen-bond donors (Lipinski definition) is 1. The molecule has 2 aromatic rings. The topological polar surface area (TPSA) is 46.5 Å². The third-order valence-electron chi connectivity index (χ3n) is 8.37. The summed E-state index contributed by atoms with van der Waals surface area (Å²) in [6.45, 7) is 18.1. The Hall–Kier alpha value is -1.76. The molecule has 2 aliphatic rings. The lowest BCUT2D eigenvalue weighted by atomic mass is 9.85. The molecule has 5 nitrogen and oxygen atoms in total. The van der Waals surface area contributed by atoms with Crippen LogP contribution in [0.2, 0.25) is 0 Å². The normalized spacial score (nSPS) is 17.9. The molecule has 1 N–H and O–H groups in total. The highest BCUT2D eigenvalue weighted by Gasteiger charge is 2.29. The van der Waals surface area contributed by atoms with Crippen LogP contribution in [0.15, 0.2) is 29.2 Å². The van der Waals surface area contributed by atoms with Gasteiger partial charge in [0.25, 0.3) is 5.91 Å². The Morgan fingerprint density at radius 3 is 2.31 bits per heavy atom. The van der Waals surface area contributed by atoms with E-state index < -0.39 is 0 Å². The van der Waals surface area contributed by atoms with Gasteiger partial charge in [0.15, 0.2) is 0 Å². The van der Waals surface area contributed by atoms with Gasteiger partial charge in [0.2, 0.25) is 0 Å². The van der Waals surface area contributed by atoms with Gasteiger partial charge in [-0.3, -0.25) is 9.52 Å². The van der Waals surface area contributed by atoms with Crippen molar-refractivity contribution >= 4 is 17.9 Å². The van der Waals surface area contributed by atoms with E-state index in [1.54, 1.807) is 11.9 Å². The fourth-order valence-electron chi connectivity index (χ4n) is 5.96. The standard InChI is InChI=1S/C33H51N3O2S/c1-23-27(31(37)35(8)26-16-18-38-19-17-26)21-29(36(23)22-24-12-10-9-11-13-24)25-14-15-30(39-34-33(5,6)7)28(20-25)32(2,3)4/h14-15,20-21,24,26,34H,9-13,16-19,22H2,1-8H3. The van der Waals surface area contributed by atoms with Gasteiger partial charge in [0.05, 0.1) is 5.56 Å². The molecule has 216 valence electrons. The fraction of sp³-hybridized carbons (Fsp3) is 0.667. The van der Waals surface area contributed by atoms with Crippen LogP contribution in [0.25, 0.3) is 11.3 Å². The summed E-state index contributed by atoms with van der Waals surface area (Å²) in [6, 6.07) is 9.32. The monoisotopic (exact) mass is 553 g/mol. The smallest absolute Gasteiger partial charge is 0.255 e. The van der Waals surface area contributed by atoms with Crippen LogP contribution in [-0.4, -0.2) is 47.2 Å². The van der Waals surface area contributed by atoms with Crippen molar-refractivity contribution in [3.63, 3.8) is 0 Å². The van der Waals surface area contributed by atoms with Crippen LogP contribution in [0.5, 0.6) is 0 Å². The number of aromatic nitrogens is 1. The average molecular weight is 554 g/mol. The summed E-state index contributed by atoms with van der Waals surface area (Å²) in [5.41, 5.74) is 5.67. The largest absolute Gasteiger partial charge is 0.381 e. The number of nitrogens with zero attached hydrogens (tertiary/aromatic N) is 2. The maximum atomic E-state index is 13.9. The highest BCUT2D eigenvalue weighted by molar-refractivity contribution is 7.97. The molecule has 1 saturated carbocycles. The van der Waals surface area contributed by atoms with E-state index in [2.05, 4.69) is 82.0 Å². The van der Waals surface area contributed by atoms with Crippen LogP contribution in [0, 0.1) is 12.8 Å². The average Bonchev–Trinajstić information content (AvgIpc) is 3.22. The summed E-state index contributed by atoms with van der Waals surface area (Å²) >= 11 is 1.72. The first kappa shape index (κ1) is 30.2. The lowest BCUT2D eigenvalue weighted by molar-refractivity contribution is 0.0361. The molecule has 1 aliphatic carbocycles. The van der Waals surface area contributed by atoms with Crippen LogP contribution in [0.1, 0.15) is 108 Å². The van der Waals surface area contributed by atoms with E-state index in [0.717, 1.165) is 43.9 Å². The molecule has 1 amide bonds. The van der Waals surface area contributed by atoms with Gasteiger partial charge in [-0.25, -0.2) is 0 Å². The number of nitrogens with one attached hydrogen (secondary N) is 1. The van der Waals surface area contributed by atoms with Crippen molar-refractivity contribution in [3.05, 3.63) is 41.1 Å². The SMILES string of the molecule is Cc1c(C(=O)N(C)C2CCOCC2)cc(-c2ccc(SNC(C)(C)C)c(C(C)(C)C)c2)n1CC1CCCCC1. The molecule has 1 aromatic heterocycles. The van der Waals surface area contributed by atoms with Gasteiger partial charge in [0, 0.05) is 54.7 Å². The zero-order valence-corrected chi connectivity index (χ0v) is 26.5. The summed E-state index contributed by atoms with van der Waals surface area (Å²) in [5, 5.41) is 0. The summed E-state index contributed by atoms with van der Waals surface area (Å²) < 4.78 is 11.6. The van der Waals surface area contributed by atoms with Crippen molar-refractivity contribution in [2.75, 3.05) is 20.3 Å². The summed E-state index contributed by atoms with van der Waals surface area (Å²) in [4.78, 5) is 17.1. The third kappa shape index (κ3) is 7.51. The van der Waals surface area contributed by atoms with Crippen molar-refractivity contribution in [2.24, 2.45) is 5.92 Å². The van der Waals surface area contributed by atoms with Gasteiger partial charge in [-0.15, -0.1) is 0 Å². The van der Waals surface area contributed by atoms with E-state index in [-0.39, 0.29) is 22.9 Å². The lowest BCUT2D eigenvalue weighted by Crippen LogP contribution is -2.40. The zero-order valence-electron chi connectivity index (χ0n) is 25.7. The second kappa shape index (κ2) is 12.4. The summed E-state index contributed by atoms with van der Waals surface area (Å²) in [6.07, 6.45) is 8.37. The predicted molar refractivity (Wildman–Crippen MR) is 165 cm³/mol. The van der Waals surface area contributed by atoms with E-state index in [1.165, 1.54) is 53.8 Å². The van der Waals surface area contributed by atoms with Crippen molar-refractivity contribution < 1.29 is 9.53 Å². The predicted octanol–water partition coefficient (Wildman–Crippen LogP) is 7.99. The summed E-state index contributed by atoms with van der Waals surface area (Å²) in [5.74, 6) is 0.813.